The minimum atomic E-state index is -0.479. The maximum Gasteiger partial charge on any atom is 0.269 e. The predicted molar refractivity (Wildman–Crippen MR) is 96.4 cm³/mol. The second-order valence-electron chi connectivity index (χ2n) is 4.80. The van der Waals surface area contributed by atoms with E-state index in [1.807, 2.05) is 0 Å². The van der Waals surface area contributed by atoms with Crippen LogP contribution in [0.2, 0.25) is 10.0 Å². The van der Waals surface area contributed by atoms with Gasteiger partial charge in [-0.25, -0.2) is 0 Å². The summed E-state index contributed by atoms with van der Waals surface area (Å²) in [5, 5.41) is 22.6. The van der Waals surface area contributed by atoms with Gasteiger partial charge in [0.05, 0.1) is 15.0 Å². The van der Waals surface area contributed by atoms with Gasteiger partial charge in [-0.2, -0.15) is 0 Å². The highest BCUT2D eigenvalue weighted by Gasteiger charge is 2.13. The molecule has 0 aliphatic carbocycles. The van der Waals surface area contributed by atoms with Crippen molar-refractivity contribution in [3.05, 3.63) is 68.2 Å². The molecule has 7 nitrogen and oxygen atoms in total. The first-order chi connectivity index (χ1) is 11.9. The van der Waals surface area contributed by atoms with E-state index in [0.29, 0.717) is 26.3 Å². The van der Waals surface area contributed by atoms with E-state index in [1.165, 1.54) is 24.3 Å². The fourth-order valence-electron chi connectivity index (χ4n) is 1.92. The number of hydrogen-bond donors (Lipinski definition) is 1. The summed E-state index contributed by atoms with van der Waals surface area (Å²) in [5.74, 6) is -0.398. The van der Waals surface area contributed by atoms with Crippen molar-refractivity contribution in [3.8, 4) is 10.6 Å². The quantitative estimate of drug-likeness (QED) is 0.511. The van der Waals surface area contributed by atoms with Crippen molar-refractivity contribution in [3.63, 3.8) is 0 Å². The van der Waals surface area contributed by atoms with Crippen LogP contribution in [0.3, 0.4) is 0 Å². The first kappa shape index (κ1) is 17.3. The predicted octanol–water partition coefficient (Wildman–Crippen LogP) is 4.67. The van der Waals surface area contributed by atoms with Crippen LogP contribution in [0.4, 0.5) is 10.8 Å². The Labute approximate surface area is 155 Å². The van der Waals surface area contributed by atoms with E-state index in [9.17, 15) is 14.9 Å². The largest absolute Gasteiger partial charge is 0.296 e. The van der Waals surface area contributed by atoms with Gasteiger partial charge in [-0.05, 0) is 30.3 Å². The van der Waals surface area contributed by atoms with Gasteiger partial charge in [-0.3, -0.25) is 20.2 Å². The van der Waals surface area contributed by atoms with Gasteiger partial charge in [0.25, 0.3) is 11.6 Å². The Bertz CT molecular complexity index is 960. The zero-order valence-electron chi connectivity index (χ0n) is 12.3. The number of non-ortho nitro benzene ring substituents is 1. The fourth-order valence-corrected chi connectivity index (χ4v) is 2.96. The highest BCUT2D eigenvalue weighted by atomic mass is 35.5. The van der Waals surface area contributed by atoms with Crippen LogP contribution in [0.25, 0.3) is 10.6 Å². The molecule has 3 rings (SSSR count). The molecule has 3 aromatic rings. The lowest BCUT2D eigenvalue weighted by Crippen LogP contribution is -2.11. The van der Waals surface area contributed by atoms with Gasteiger partial charge >= 0.3 is 0 Å². The van der Waals surface area contributed by atoms with Gasteiger partial charge in [0.15, 0.2) is 0 Å². The molecular weight excluding hydrogens is 387 g/mol. The summed E-state index contributed by atoms with van der Waals surface area (Å²) in [4.78, 5) is 22.4. The third-order valence-corrected chi connectivity index (χ3v) is 4.78. The number of nitro benzene ring substituents is 1. The number of amides is 1. The third-order valence-electron chi connectivity index (χ3n) is 3.15. The van der Waals surface area contributed by atoms with Crippen LogP contribution in [-0.4, -0.2) is 21.0 Å². The van der Waals surface area contributed by atoms with Crippen LogP contribution in [0.5, 0.6) is 0 Å². The second-order valence-corrected chi connectivity index (χ2v) is 6.59. The second kappa shape index (κ2) is 7.14. The number of carbonyl (C=O) groups is 1. The molecule has 1 amide bonds. The van der Waals surface area contributed by atoms with E-state index in [4.69, 9.17) is 23.2 Å². The Morgan fingerprint density at radius 2 is 1.80 bits per heavy atom. The number of carbonyl (C=O) groups excluding carboxylic acids is 1. The summed E-state index contributed by atoms with van der Waals surface area (Å²) in [5.41, 5.74) is 0.987. The summed E-state index contributed by atoms with van der Waals surface area (Å²) in [6, 6.07) is 10.4. The molecule has 0 saturated carbocycles. The van der Waals surface area contributed by atoms with E-state index in [0.717, 1.165) is 11.3 Å². The number of nitrogens with zero attached hydrogens (tertiary/aromatic N) is 3. The molecule has 2 aromatic carbocycles. The Hall–Kier alpha value is -2.55. The molecule has 0 radical (unpaired) electrons. The Morgan fingerprint density at radius 3 is 2.44 bits per heavy atom. The van der Waals surface area contributed by atoms with Gasteiger partial charge in [0, 0.05) is 23.3 Å². The lowest BCUT2D eigenvalue weighted by Gasteiger charge is -2.02. The number of rotatable bonds is 4. The van der Waals surface area contributed by atoms with Crippen LogP contribution in [0.15, 0.2) is 42.5 Å². The molecule has 0 spiro atoms. The summed E-state index contributed by atoms with van der Waals surface area (Å²) in [7, 11) is 0. The van der Waals surface area contributed by atoms with E-state index < -0.39 is 10.8 Å². The van der Waals surface area contributed by atoms with Crippen LogP contribution in [0, 0.1) is 10.1 Å². The van der Waals surface area contributed by atoms with Crippen molar-refractivity contribution in [2.45, 2.75) is 0 Å². The molecule has 0 atom stereocenters. The number of anilines is 1. The molecule has 0 unspecified atom stereocenters. The maximum atomic E-state index is 12.2. The van der Waals surface area contributed by atoms with Crippen molar-refractivity contribution in [1.29, 1.82) is 0 Å². The van der Waals surface area contributed by atoms with Crippen molar-refractivity contribution in [2.24, 2.45) is 0 Å². The zero-order valence-corrected chi connectivity index (χ0v) is 14.6. The van der Waals surface area contributed by atoms with Gasteiger partial charge in [0.1, 0.15) is 5.01 Å². The molecule has 0 saturated heterocycles. The van der Waals surface area contributed by atoms with Crippen molar-refractivity contribution in [2.75, 3.05) is 5.32 Å². The number of aromatic nitrogens is 2. The molecule has 1 heterocycles. The highest BCUT2D eigenvalue weighted by molar-refractivity contribution is 7.18. The molecule has 0 fully saturated rings. The minimum Gasteiger partial charge on any atom is -0.296 e. The standard InChI is InChI=1S/C15H8Cl2N4O3S/c16-11-6-3-9(7-12(11)17)13(22)18-15-20-19-14(25-15)8-1-4-10(5-2-8)21(23)24/h1-7H,(H,18,20,22). The molecule has 0 bridgehead atoms. The molecule has 10 heteroatoms. The Kier molecular flexibility index (Phi) is 4.93. The lowest BCUT2D eigenvalue weighted by molar-refractivity contribution is -0.384. The summed E-state index contributed by atoms with van der Waals surface area (Å²) in [6.07, 6.45) is 0. The molecule has 1 N–H and O–H groups in total. The third kappa shape index (κ3) is 3.93. The van der Waals surface area contributed by atoms with E-state index in [1.54, 1.807) is 18.2 Å². The van der Waals surface area contributed by atoms with Crippen molar-refractivity contribution < 1.29 is 9.72 Å². The van der Waals surface area contributed by atoms with E-state index in [2.05, 4.69) is 15.5 Å². The highest BCUT2D eigenvalue weighted by Crippen LogP contribution is 2.28. The summed E-state index contributed by atoms with van der Waals surface area (Å²) in [6.45, 7) is 0. The van der Waals surface area contributed by atoms with Crippen LogP contribution in [0.1, 0.15) is 10.4 Å². The van der Waals surface area contributed by atoms with Gasteiger partial charge in [-0.15, -0.1) is 10.2 Å². The van der Waals surface area contributed by atoms with Crippen LogP contribution in [-0.2, 0) is 0 Å². The SMILES string of the molecule is O=C(Nc1nnc(-c2ccc([N+](=O)[O-])cc2)s1)c1ccc(Cl)c(Cl)c1. The lowest BCUT2D eigenvalue weighted by atomic mass is 10.2. The molecule has 0 aliphatic heterocycles. The number of hydrogen-bond acceptors (Lipinski definition) is 6. The first-order valence-electron chi connectivity index (χ1n) is 6.79. The van der Waals surface area contributed by atoms with Gasteiger partial charge < -0.3 is 0 Å². The zero-order chi connectivity index (χ0) is 18.0. The van der Waals surface area contributed by atoms with Crippen molar-refractivity contribution in [1.82, 2.24) is 10.2 Å². The monoisotopic (exact) mass is 394 g/mol. The van der Waals surface area contributed by atoms with E-state index >= 15 is 0 Å². The first-order valence-corrected chi connectivity index (χ1v) is 8.36. The fraction of sp³-hybridized carbons (Fsp3) is 0. The summed E-state index contributed by atoms with van der Waals surface area (Å²) >= 11 is 12.9. The van der Waals surface area contributed by atoms with Crippen LogP contribution < -0.4 is 5.32 Å². The molecular formula is C15H8Cl2N4O3S. The van der Waals surface area contributed by atoms with Crippen molar-refractivity contribution >= 4 is 51.3 Å². The molecule has 25 heavy (non-hydrogen) atoms. The minimum absolute atomic E-state index is 0.0126. The average molecular weight is 395 g/mol. The molecule has 126 valence electrons. The number of benzene rings is 2. The smallest absolute Gasteiger partial charge is 0.269 e. The average Bonchev–Trinajstić information content (AvgIpc) is 3.05. The molecule has 0 aliphatic rings. The van der Waals surface area contributed by atoms with Crippen LogP contribution >= 0.6 is 34.5 Å². The molecule has 1 aromatic heterocycles. The Morgan fingerprint density at radius 1 is 1.08 bits per heavy atom. The topological polar surface area (TPSA) is 98.0 Å². The Balaban J connectivity index is 1.75. The van der Waals surface area contributed by atoms with Gasteiger partial charge in [0.2, 0.25) is 5.13 Å². The van der Waals surface area contributed by atoms with Gasteiger partial charge in [-0.1, -0.05) is 34.5 Å². The number of nitrogens with one attached hydrogen (secondary N) is 1. The number of halogens is 2. The normalized spacial score (nSPS) is 10.5. The maximum absolute atomic E-state index is 12.2. The van der Waals surface area contributed by atoms with E-state index in [-0.39, 0.29) is 10.7 Å². The number of nitro groups is 1. The summed E-state index contributed by atoms with van der Waals surface area (Å²) < 4.78 is 0.